The van der Waals surface area contributed by atoms with Crippen LogP contribution in [0.25, 0.3) is 77.6 Å². The van der Waals surface area contributed by atoms with Crippen LogP contribution in [0.3, 0.4) is 0 Å². The molecule has 0 bridgehead atoms. The van der Waals surface area contributed by atoms with Crippen molar-refractivity contribution in [3.8, 4) is 55.6 Å². The molecule has 2 aliphatic carbocycles. The number of hydrogen-bond donors (Lipinski definition) is 0. The van der Waals surface area contributed by atoms with Gasteiger partial charge in [-0.05, 0) is 121 Å². The van der Waals surface area contributed by atoms with Crippen LogP contribution in [0.5, 0.6) is 0 Å². The number of hydrogen-bond acceptors (Lipinski definition) is 2. The molecule has 11 aromatic rings. The van der Waals surface area contributed by atoms with Gasteiger partial charge in [0, 0.05) is 27.7 Å². The van der Waals surface area contributed by atoms with Crippen molar-refractivity contribution >= 4 is 39.0 Å². The van der Waals surface area contributed by atoms with E-state index in [1.54, 1.807) is 0 Å². The van der Waals surface area contributed by atoms with Crippen molar-refractivity contribution in [2.24, 2.45) is 0 Å². The second kappa shape index (κ2) is 13.9. The van der Waals surface area contributed by atoms with Crippen molar-refractivity contribution in [1.29, 1.82) is 0 Å². The molecule has 1 aromatic heterocycles. The molecule has 13 rings (SSSR count). The van der Waals surface area contributed by atoms with Gasteiger partial charge in [0.25, 0.3) is 0 Å². The first-order valence-corrected chi connectivity index (χ1v) is 21.8. The number of para-hydroxylation sites is 2. The monoisotopic (exact) mass is 801 g/mol. The van der Waals surface area contributed by atoms with Crippen LogP contribution in [-0.2, 0) is 5.41 Å². The summed E-state index contributed by atoms with van der Waals surface area (Å²) in [5.41, 5.74) is 22.1. The van der Waals surface area contributed by atoms with Crippen molar-refractivity contribution in [2.75, 3.05) is 4.90 Å². The van der Waals surface area contributed by atoms with E-state index in [0.29, 0.717) is 0 Å². The highest BCUT2D eigenvalue weighted by Crippen LogP contribution is 2.63. The van der Waals surface area contributed by atoms with Crippen LogP contribution in [0.4, 0.5) is 17.1 Å². The molecule has 0 saturated carbocycles. The molecule has 0 N–H and O–H groups in total. The van der Waals surface area contributed by atoms with Gasteiger partial charge in [0.05, 0.1) is 11.1 Å². The van der Waals surface area contributed by atoms with Crippen LogP contribution in [0.15, 0.2) is 241 Å². The summed E-state index contributed by atoms with van der Waals surface area (Å²) in [6.45, 7) is 0. The Morgan fingerprint density at radius 1 is 0.302 bits per heavy atom. The predicted octanol–water partition coefficient (Wildman–Crippen LogP) is 16.4. The smallest absolute Gasteiger partial charge is 0.136 e. The Kier molecular flexibility index (Phi) is 7.85. The average Bonchev–Trinajstić information content (AvgIpc) is 3.99. The van der Waals surface area contributed by atoms with Crippen molar-refractivity contribution in [3.05, 3.63) is 259 Å². The van der Waals surface area contributed by atoms with Gasteiger partial charge >= 0.3 is 0 Å². The van der Waals surface area contributed by atoms with E-state index < -0.39 is 5.41 Å². The molecule has 0 fully saturated rings. The van der Waals surface area contributed by atoms with Gasteiger partial charge in [-0.1, -0.05) is 188 Å². The molecule has 0 aliphatic heterocycles. The molecule has 2 aliphatic rings. The standard InChI is InChI=1S/C61H39NO/c1-3-16-40(17-4-1)42-30-33-44(34-31-42)62(57-27-13-9-22-48(57)49-24-15-29-59-60(49)50-23-10-14-28-58(50)63-59)45-35-37-56-52(39-45)47-21-8-12-26-54(47)61(56)53-25-11-7-20-46(53)51-38-43(32-36-55(51)61)41-18-5-2-6-19-41/h1-39H. The minimum atomic E-state index is -0.455. The predicted molar refractivity (Wildman–Crippen MR) is 261 cm³/mol. The summed E-state index contributed by atoms with van der Waals surface area (Å²) in [5.74, 6) is 0. The van der Waals surface area contributed by atoms with E-state index in [2.05, 4.69) is 235 Å². The lowest BCUT2D eigenvalue weighted by Crippen LogP contribution is -2.25. The van der Waals surface area contributed by atoms with Crippen molar-refractivity contribution in [1.82, 2.24) is 0 Å². The molecule has 63 heavy (non-hydrogen) atoms. The molecule has 2 heteroatoms. The second-order valence-corrected chi connectivity index (χ2v) is 16.7. The van der Waals surface area contributed by atoms with E-state index in [1.807, 2.05) is 6.07 Å². The largest absolute Gasteiger partial charge is 0.456 e. The summed E-state index contributed by atoms with van der Waals surface area (Å²) in [7, 11) is 0. The molecule has 1 atom stereocenters. The number of anilines is 3. The minimum absolute atomic E-state index is 0.455. The molecule has 1 spiro atoms. The maximum absolute atomic E-state index is 6.43. The molecule has 0 saturated heterocycles. The lowest BCUT2D eigenvalue weighted by atomic mass is 9.70. The zero-order valence-electron chi connectivity index (χ0n) is 34.4. The van der Waals surface area contributed by atoms with Crippen LogP contribution in [0.1, 0.15) is 22.3 Å². The van der Waals surface area contributed by atoms with E-state index in [0.717, 1.165) is 50.1 Å². The molecule has 0 radical (unpaired) electrons. The molecule has 1 heterocycles. The Bertz CT molecular complexity index is 3570. The molecule has 1 unspecified atom stereocenters. The first-order chi connectivity index (χ1) is 31.3. The van der Waals surface area contributed by atoms with Crippen LogP contribution < -0.4 is 4.90 Å². The lowest BCUT2D eigenvalue weighted by Gasteiger charge is -2.31. The molecular weight excluding hydrogens is 763 g/mol. The first kappa shape index (κ1) is 35.5. The number of fused-ring (bicyclic) bond motifs is 13. The Morgan fingerprint density at radius 3 is 1.52 bits per heavy atom. The van der Waals surface area contributed by atoms with E-state index in [9.17, 15) is 0 Å². The number of rotatable bonds is 6. The quantitative estimate of drug-likeness (QED) is 0.167. The zero-order valence-corrected chi connectivity index (χ0v) is 34.4. The highest BCUT2D eigenvalue weighted by molar-refractivity contribution is 6.14. The summed E-state index contributed by atoms with van der Waals surface area (Å²) in [4.78, 5) is 2.45. The Morgan fingerprint density at radius 2 is 0.794 bits per heavy atom. The van der Waals surface area contributed by atoms with Crippen LogP contribution in [-0.4, -0.2) is 0 Å². The van der Waals surface area contributed by atoms with Crippen molar-refractivity contribution in [3.63, 3.8) is 0 Å². The van der Waals surface area contributed by atoms with Gasteiger partial charge in [0.15, 0.2) is 0 Å². The van der Waals surface area contributed by atoms with Gasteiger partial charge in [-0.15, -0.1) is 0 Å². The molecule has 294 valence electrons. The zero-order chi connectivity index (χ0) is 41.5. The highest BCUT2D eigenvalue weighted by atomic mass is 16.3. The van der Waals surface area contributed by atoms with Gasteiger partial charge in [-0.3, -0.25) is 0 Å². The summed E-state index contributed by atoms with van der Waals surface area (Å²) < 4.78 is 6.43. The summed E-state index contributed by atoms with van der Waals surface area (Å²) >= 11 is 0. The van der Waals surface area contributed by atoms with E-state index in [-0.39, 0.29) is 0 Å². The third kappa shape index (κ3) is 5.25. The number of benzene rings is 10. The molecule has 10 aromatic carbocycles. The van der Waals surface area contributed by atoms with Crippen LogP contribution in [0.2, 0.25) is 0 Å². The fourth-order valence-corrected chi connectivity index (χ4v) is 10.8. The van der Waals surface area contributed by atoms with E-state index in [1.165, 1.54) is 66.8 Å². The van der Waals surface area contributed by atoms with Gasteiger partial charge < -0.3 is 9.32 Å². The second-order valence-electron chi connectivity index (χ2n) is 16.7. The highest BCUT2D eigenvalue weighted by Gasteiger charge is 2.51. The van der Waals surface area contributed by atoms with Crippen molar-refractivity contribution < 1.29 is 4.42 Å². The Balaban J connectivity index is 1.04. The summed E-state index contributed by atoms with van der Waals surface area (Å²) in [6.07, 6.45) is 0. The maximum Gasteiger partial charge on any atom is 0.136 e. The van der Waals surface area contributed by atoms with Crippen LogP contribution in [0, 0.1) is 0 Å². The SMILES string of the molecule is c1ccc(-c2ccc(N(c3ccc4c(c3)-c3ccccc3C43c4ccccc4-c4cc(-c5ccccc5)ccc43)c3ccccc3-c3cccc4oc5ccccc5c34)cc2)cc1. The Hall–Kier alpha value is -8.20. The molecular formula is C61H39NO. The third-order valence-corrected chi connectivity index (χ3v) is 13.5. The van der Waals surface area contributed by atoms with Crippen molar-refractivity contribution in [2.45, 2.75) is 5.41 Å². The summed E-state index contributed by atoms with van der Waals surface area (Å²) in [6, 6.07) is 86.5. The topological polar surface area (TPSA) is 16.4 Å². The van der Waals surface area contributed by atoms with E-state index >= 15 is 0 Å². The Labute approximate surface area is 366 Å². The van der Waals surface area contributed by atoms with Crippen LogP contribution >= 0.6 is 0 Å². The average molecular weight is 802 g/mol. The van der Waals surface area contributed by atoms with Gasteiger partial charge in [-0.25, -0.2) is 0 Å². The number of nitrogens with zero attached hydrogens (tertiary/aromatic N) is 1. The van der Waals surface area contributed by atoms with Gasteiger partial charge in [-0.2, -0.15) is 0 Å². The normalized spacial score (nSPS) is 14.4. The fraction of sp³-hybridized carbons (Fsp3) is 0.0164. The number of furan rings is 1. The lowest BCUT2D eigenvalue weighted by molar-refractivity contribution is 0.669. The van der Waals surface area contributed by atoms with Gasteiger partial charge in [0.1, 0.15) is 11.2 Å². The van der Waals surface area contributed by atoms with Gasteiger partial charge in [0.2, 0.25) is 0 Å². The summed E-state index contributed by atoms with van der Waals surface area (Å²) in [5, 5.41) is 2.24. The first-order valence-electron chi connectivity index (χ1n) is 21.8. The fourth-order valence-electron chi connectivity index (χ4n) is 10.8. The molecule has 2 nitrogen and oxygen atoms in total. The third-order valence-electron chi connectivity index (χ3n) is 13.5. The molecule has 0 amide bonds. The van der Waals surface area contributed by atoms with E-state index in [4.69, 9.17) is 4.42 Å². The maximum atomic E-state index is 6.43. The minimum Gasteiger partial charge on any atom is -0.456 e.